The summed E-state index contributed by atoms with van der Waals surface area (Å²) in [4.78, 5) is 13.7. The molecule has 8 heteroatoms. The van der Waals surface area contributed by atoms with E-state index in [1.165, 1.54) is 17.0 Å². The second kappa shape index (κ2) is 7.45. The number of carbonyl (C=O) groups excluding carboxylic acids is 1. The van der Waals surface area contributed by atoms with Crippen molar-refractivity contribution in [3.05, 3.63) is 46.0 Å². The predicted octanol–water partition coefficient (Wildman–Crippen LogP) is 2.83. The maximum Gasteiger partial charge on any atom is 0.242 e. The average Bonchev–Trinajstić information content (AvgIpc) is 2.83. The van der Waals surface area contributed by atoms with Crippen LogP contribution in [-0.4, -0.2) is 32.6 Å². The first-order valence-corrected chi connectivity index (χ1v) is 7.65. The van der Waals surface area contributed by atoms with Crippen molar-refractivity contribution in [1.29, 1.82) is 0 Å². The summed E-state index contributed by atoms with van der Waals surface area (Å²) >= 11 is 5.13. The zero-order chi connectivity index (χ0) is 17.0. The molecule has 0 saturated carbocycles. The zero-order valence-electron chi connectivity index (χ0n) is 13.0. The van der Waals surface area contributed by atoms with Gasteiger partial charge in [-0.2, -0.15) is 5.10 Å². The van der Waals surface area contributed by atoms with Gasteiger partial charge in [-0.25, -0.2) is 8.78 Å². The van der Waals surface area contributed by atoms with E-state index in [2.05, 4.69) is 10.2 Å². The normalized spacial score (nSPS) is 10.8. The minimum absolute atomic E-state index is 0.0317. The Kier molecular flexibility index (Phi) is 5.59. The molecular formula is C15H18F2N4OS. The molecule has 2 rings (SSSR count). The highest BCUT2D eigenvalue weighted by molar-refractivity contribution is 7.71. The van der Waals surface area contributed by atoms with Crippen LogP contribution in [0, 0.1) is 16.4 Å². The maximum absolute atomic E-state index is 13.7. The number of carbonyl (C=O) groups is 1. The van der Waals surface area contributed by atoms with E-state index in [0.717, 1.165) is 12.5 Å². The first-order chi connectivity index (χ1) is 10.9. The molecule has 5 nitrogen and oxygen atoms in total. The summed E-state index contributed by atoms with van der Waals surface area (Å²) in [6, 6.07) is 3.31. The Labute approximate surface area is 137 Å². The van der Waals surface area contributed by atoms with Crippen molar-refractivity contribution in [1.82, 2.24) is 19.7 Å². The number of nitrogens with one attached hydrogen (secondary N) is 1. The summed E-state index contributed by atoms with van der Waals surface area (Å²) in [7, 11) is 1.56. The molecule has 0 unspecified atom stereocenters. The largest absolute Gasteiger partial charge is 0.340 e. The Bertz CT molecular complexity index is 756. The molecule has 1 N–H and O–H groups in total. The average molecular weight is 340 g/mol. The number of benzene rings is 1. The molecule has 124 valence electrons. The van der Waals surface area contributed by atoms with E-state index in [4.69, 9.17) is 12.2 Å². The van der Waals surface area contributed by atoms with Gasteiger partial charge in [-0.1, -0.05) is 13.0 Å². The number of hydrogen-bond donors (Lipinski definition) is 1. The van der Waals surface area contributed by atoms with Gasteiger partial charge in [0.2, 0.25) is 5.91 Å². The quantitative estimate of drug-likeness (QED) is 0.823. The van der Waals surface area contributed by atoms with E-state index in [1.54, 1.807) is 11.6 Å². The van der Waals surface area contributed by atoms with Crippen LogP contribution >= 0.6 is 12.2 Å². The van der Waals surface area contributed by atoms with Gasteiger partial charge in [0.1, 0.15) is 24.0 Å². The Morgan fingerprint density at radius 3 is 2.83 bits per heavy atom. The number of halogens is 2. The standard InChI is InChI=1S/C15H18F2N4OS/c1-3-4-13-18-19-15(23)21(13)9-14(22)20(2)8-10-5-6-11(16)7-12(10)17/h5-7H,3-4,8-9H2,1-2H3,(H,19,23). The van der Waals surface area contributed by atoms with Gasteiger partial charge in [-0.15, -0.1) is 0 Å². The van der Waals surface area contributed by atoms with Gasteiger partial charge < -0.3 is 4.90 Å². The van der Waals surface area contributed by atoms with Crippen LogP contribution in [0.2, 0.25) is 0 Å². The number of nitrogens with zero attached hydrogens (tertiary/aromatic N) is 3. The summed E-state index contributed by atoms with van der Waals surface area (Å²) < 4.78 is 28.6. The van der Waals surface area contributed by atoms with E-state index in [-0.39, 0.29) is 24.6 Å². The third-order valence-corrected chi connectivity index (χ3v) is 3.76. The maximum atomic E-state index is 13.7. The monoisotopic (exact) mass is 340 g/mol. The number of amides is 1. The molecule has 1 aromatic heterocycles. The molecule has 1 heterocycles. The molecule has 0 bridgehead atoms. The number of aromatic amines is 1. The topological polar surface area (TPSA) is 53.9 Å². The number of aryl methyl sites for hydroxylation is 1. The number of rotatable bonds is 6. The minimum atomic E-state index is -0.670. The van der Waals surface area contributed by atoms with Crippen LogP contribution in [0.3, 0.4) is 0 Å². The third kappa shape index (κ3) is 4.22. The van der Waals surface area contributed by atoms with Gasteiger partial charge in [-0.3, -0.25) is 14.5 Å². The second-order valence-electron chi connectivity index (χ2n) is 5.27. The number of aromatic nitrogens is 3. The Morgan fingerprint density at radius 2 is 2.17 bits per heavy atom. The van der Waals surface area contributed by atoms with Crippen LogP contribution in [0.4, 0.5) is 8.78 Å². The lowest BCUT2D eigenvalue weighted by Crippen LogP contribution is -2.30. The van der Waals surface area contributed by atoms with Gasteiger partial charge in [0, 0.05) is 31.6 Å². The SMILES string of the molecule is CCCc1n[nH]c(=S)n1CC(=O)N(C)Cc1ccc(F)cc1F. The van der Waals surface area contributed by atoms with E-state index >= 15 is 0 Å². The molecule has 2 aromatic rings. The molecule has 0 aliphatic carbocycles. The molecule has 0 fully saturated rings. The molecule has 0 spiro atoms. The van der Waals surface area contributed by atoms with Crippen LogP contribution in [0.5, 0.6) is 0 Å². The minimum Gasteiger partial charge on any atom is -0.340 e. The number of hydrogen-bond acceptors (Lipinski definition) is 3. The van der Waals surface area contributed by atoms with E-state index < -0.39 is 11.6 Å². The van der Waals surface area contributed by atoms with Crippen molar-refractivity contribution in [3.63, 3.8) is 0 Å². The van der Waals surface area contributed by atoms with Crippen LogP contribution in [0.1, 0.15) is 24.7 Å². The van der Waals surface area contributed by atoms with Crippen LogP contribution in [0.25, 0.3) is 0 Å². The molecule has 0 aliphatic rings. The van der Waals surface area contributed by atoms with E-state index in [1.807, 2.05) is 6.92 Å². The van der Waals surface area contributed by atoms with Crippen molar-refractivity contribution in [3.8, 4) is 0 Å². The summed E-state index contributed by atoms with van der Waals surface area (Å²) in [6.45, 7) is 2.09. The van der Waals surface area contributed by atoms with Gasteiger partial charge in [0.05, 0.1) is 0 Å². The van der Waals surface area contributed by atoms with E-state index in [0.29, 0.717) is 17.0 Å². The molecule has 1 aromatic carbocycles. The molecule has 0 atom stereocenters. The van der Waals surface area contributed by atoms with E-state index in [9.17, 15) is 13.6 Å². The highest BCUT2D eigenvalue weighted by Gasteiger charge is 2.15. The fraction of sp³-hybridized carbons (Fsp3) is 0.400. The Hall–Kier alpha value is -2.09. The summed E-state index contributed by atoms with van der Waals surface area (Å²) in [5.41, 5.74) is 0.256. The van der Waals surface area contributed by atoms with Gasteiger partial charge >= 0.3 is 0 Å². The molecule has 0 saturated heterocycles. The van der Waals surface area contributed by atoms with Crippen LogP contribution < -0.4 is 0 Å². The molecular weight excluding hydrogens is 322 g/mol. The smallest absolute Gasteiger partial charge is 0.242 e. The summed E-state index contributed by atoms with van der Waals surface area (Å²) in [5.74, 6) is -0.832. The van der Waals surface area contributed by atoms with Gasteiger partial charge in [0.25, 0.3) is 0 Å². The highest BCUT2D eigenvalue weighted by atomic mass is 32.1. The molecule has 0 aliphatic heterocycles. The molecule has 0 radical (unpaired) electrons. The lowest BCUT2D eigenvalue weighted by atomic mass is 10.2. The Morgan fingerprint density at radius 1 is 1.43 bits per heavy atom. The van der Waals surface area contributed by atoms with Crippen molar-refractivity contribution >= 4 is 18.1 Å². The van der Waals surface area contributed by atoms with Crippen molar-refractivity contribution in [2.45, 2.75) is 32.9 Å². The van der Waals surface area contributed by atoms with Gasteiger partial charge in [0.15, 0.2) is 4.77 Å². The fourth-order valence-electron chi connectivity index (χ4n) is 2.18. The fourth-order valence-corrected chi connectivity index (χ4v) is 2.39. The van der Waals surface area contributed by atoms with Crippen molar-refractivity contribution in [2.24, 2.45) is 0 Å². The Balaban J connectivity index is 2.08. The molecule has 1 amide bonds. The lowest BCUT2D eigenvalue weighted by Gasteiger charge is -2.18. The highest BCUT2D eigenvalue weighted by Crippen LogP contribution is 2.12. The zero-order valence-corrected chi connectivity index (χ0v) is 13.8. The van der Waals surface area contributed by atoms with Gasteiger partial charge in [-0.05, 0) is 24.7 Å². The molecule has 23 heavy (non-hydrogen) atoms. The van der Waals surface area contributed by atoms with Crippen LogP contribution in [-0.2, 0) is 24.3 Å². The second-order valence-corrected chi connectivity index (χ2v) is 5.65. The summed E-state index contributed by atoms with van der Waals surface area (Å²) in [5, 5.41) is 6.77. The van der Waals surface area contributed by atoms with Crippen molar-refractivity contribution < 1.29 is 13.6 Å². The first-order valence-electron chi connectivity index (χ1n) is 7.24. The lowest BCUT2D eigenvalue weighted by molar-refractivity contribution is -0.131. The third-order valence-electron chi connectivity index (χ3n) is 3.45. The van der Waals surface area contributed by atoms with Crippen LogP contribution in [0.15, 0.2) is 18.2 Å². The number of likely N-dealkylation sites (N-methyl/N-ethyl adjacent to an activating group) is 1. The van der Waals surface area contributed by atoms with Crippen molar-refractivity contribution in [2.75, 3.05) is 7.05 Å². The first kappa shape index (κ1) is 17.3. The summed E-state index contributed by atoms with van der Waals surface area (Å²) in [6.07, 6.45) is 1.58. The predicted molar refractivity (Wildman–Crippen MR) is 84.2 cm³/mol. The number of H-pyrrole nitrogens is 1.